The van der Waals surface area contributed by atoms with Crippen LogP contribution < -0.4 is 23.9 Å². The van der Waals surface area contributed by atoms with Crippen molar-refractivity contribution >= 4 is 49.7 Å². The van der Waals surface area contributed by atoms with Crippen molar-refractivity contribution in [3.05, 3.63) is 129 Å². The number of azo groups is 1. The smallest absolute Gasteiger partial charge is 0.316 e. The zero-order chi connectivity index (χ0) is 44.7. The lowest BCUT2D eigenvalue weighted by Gasteiger charge is -2.16. The van der Waals surface area contributed by atoms with Crippen molar-refractivity contribution in [2.24, 2.45) is 10.2 Å². The molecule has 0 bridgehead atoms. The van der Waals surface area contributed by atoms with E-state index < -0.39 is 37.9 Å². The lowest BCUT2D eigenvalue weighted by atomic mass is 9.91. The number of hydrogen-bond acceptors (Lipinski definition) is 11. The molecule has 7 aromatic rings. The van der Waals surface area contributed by atoms with Crippen molar-refractivity contribution in [3.63, 3.8) is 0 Å². The monoisotopic (exact) mass is 883 g/mol. The normalized spacial score (nSPS) is 12.9. The molecule has 7 rings (SSSR count). The number of benzene rings is 4. The van der Waals surface area contributed by atoms with Crippen LogP contribution in [0.4, 0.5) is 27.1 Å². The van der Waals surface area contributed by atoms with Crippen LogP contribution in [0, 0.1) is 19.7 Å². The number of sulfonamides is 1. The zero-order valence-electron chi connectivity index (χ0n) is 35.5. The molecule has 0 aliphatic carbocycles. The van der Waals surface area contributed by atoms with Crippen LogP contribution in [0.2, 0.25) is 0 Å². The minimum atomic E-state index is -3.44. The van der Waals surface area contributed by atoms with Crippen molar-refractivity contribution in [2.75, 3.05) is 15.7 Å². The first-order valence-electron chi connectivity index (χ1n) is 19.3. The van der Waals surface area contributed by atoms with Crippen molar-refractivity contribution in [1.29, 1.82) is 0 Å². The maximum atomic E-state index is 15.4. The van der Waals surface area contributed by atoms with Gasteiger partial charge in [0.1, 0.15) is 23.8 Å². The Morgan fingerprint density at radius 2 is 1.56 bits per heavy atom. The topological polar surface area (TPSA) is 200 Å². The fourth-order valence-corrected chi connectivity index (χ4v) is 7.69. The van der Waals surface area contributed by atoms with Gasteiger partial charge in [0.15, 0.2) is 23.1 Å². The SMILES string of the molecule is Cc1ccc(-n2oc(C(C)(C)C)c(COc3ccc(NS(=O)Oc4ccc(N=Nc5c(C(C)(C)C)[nH]n6nc(-c7ccc(NS(C)(=O)=O)cc7)nc56)c(F)c4)cc3)c2=O)c(C)c1. The summed E-state index contributed by atoms with van der Waals surface area (Å²) in [5.41, 5.74) is 4.54. The predicted octanol–water partition coefficient (Wildman–Crippen LogP) is 9.25. The molecule has 0 fully saturated rings. The molecule has 0 aliphatic rings. The number of fused-ring (bicyclic) bond motifs is 1. The molecule has 3 N–H and O–H groups in total. The highest BCUT2D eigenvalue weighted by atomic mass is 32.2. The fourth-order valence-electron chi connectivity index (χ4n) is 6.48. The van der Waals surface area contributed by atoms with Gasteiger partial charge in [-0.05, 0) is 86.1 Å². The van der Waals surface area contributed by atoms with Crippen molar-refractivity contribution in [1.82, 2.24) is 24.6 Å². The second kappa shape index (κ2) is 16.7. The van der Waals surface area contributed by atoms with Gasteiger partial charge in [0.05, 0.1) is 23.2 Å². The number of rotatable bonds is 13. The van der Waals surface area contributed by atoms with Gasteiger partial charge in [0, 0.05) is 33.8 Å². The summed E-state index contributed by atoms with van der Waals surface area (Å²) < 4.78 is 77.0. The number of nitrogens with zero attached hydrogens (tertiary/aromatic N) is 6. The molecule has 0 spiro atoms. The molecule has 3 heterocycles. The van der Waals surface area contributed by atoms with Gasteiger partial charge in [-0.25, -0.2) is 17.8 Å². The number of anilines is 2. The second-order valence-electron chi connectivity index (χ2n) is 16.8. The van der Waals surface area contributed by atoms with Crippen LogP contribution in [-0.2, 0) is 38.7 Å². The van der Waals surface area contributed by atoms with Crippen LogP contribution in [-0.4, -0.2) is 43.4 Å². The van der Waals surface area contributed by atoms with E-state index in [-0.39, 0.29) is 23.6 Å². The number of H-pyrrole nitrogens is 1. The van der Waals surface area contributed by atoms with E-state index in [9.17, 15) is 17.4 Å². The van der Waals surface area contributed by atoms with Gasteiger partial charge in [0.25, 0.3) is 5.56 Å². The molecule has 1 unspecified atom stereocenters. The number of aromatic amines is 1. The maximum Gasteiger partial charge on any atom is 0.316 e. The van der Waals surface area contributed by atoms with Crippen LogP contribution in [0.5, 0.6) is 11.5 Å². The lowest BCUT2D eigenvalue weighted by Crippen LogP contribution is -2.20. The van der Waals surface area contributed by atoms with Crippen LogP contribution in [0.15, 0.2) is 104 Å². The summed E-state index contributed by atoms with van der Waals surface area (Å²) in [5.74, 6) is 0.536. The van der Waals surface area contributed by atoms with Crippen LogP contribution >= 0.6 is 0 Å². The van der Waals surface area contributed by atoms with Gasteiger partial charge in [-0.3, -0.25) is 19.3 Å². The molecule has 62 heavy (non-hydrogen) atoms. The Morgan fingerprint density at radius 3 is 2.19 bits per heavy atom. The Morgan fingerprint density at radius 1 is 0.887 bits per heavy atom. The predicted molar refractivity (Wildman–Crippen MR) is 236 cm³/mol. The van der Waals surface area contributed by atoms with Gasteiger partial charge < -0.3 is 13.4 Å². The minimum Gasteiger partial charge on any atom is -0.489 e. The Bertz CT molecular complexity index is 3010. The molecule has 324 valence electrons. The second-order valence-corrected chi connectivity index (χ2v) is 19.4. The quantitative estimate of drug-likeness (QED) is 0.0945. The average molecular weight is 884 g/mol. The molecule has 1 atom stereocenters. The molecule has 3 aromatic heterocycles. The molecule has 0 aliphatic heterocycles. The molecule has 0 amide bonds. The minimum absolute atomic E-state index is 0.0206. The van der Waals surface area contributed by atoms with E-state index in [0.29, 0.717) is 62.6 Å². The van der Waals surface area contributed by atoms with E-state index in [0.717, 1.165) is 23.4 Å². The molecule has 19 heteroatoms. The van der Waals surface area contributed by atoms with E-state index in [1.54, 1.807) is 48.5 Å². The number of nitrogens with one attached hydrogen (secondary N) is 3. The molecule has 0 radical (unpaired) electrons. The number of halogens is 1. The number of aromatic nitrogens is 5. The summed E-state index contributed by atoms with van der Waals surface area (Å²) in [4.78, 5) is 18.2. The molecule has 4 aromatic carbocycles. The first-order valence-corrected chi connectivity index (χ1v) is 22.3. The van der Waals surface area contributed by atoms with E-state index >= 15 is 4.39 Å². The van der Waals surface area contributed by atoms with Gasteiger partial charge in [0.2, 0.25) is 15.7 Å². The molecule has 0 saturated carbocycles. The molecular formula is C43H46FN9O7S2. The van der Waals surface area contributed by atoms with Gasteiger partial charge in [-0.1, -0.05) is 59.2 Å². The molecule has 16 nitrogen and oxygen atoms in total. The van der Waals surface area contributed by atoms with Crippen molar-refractivity contribution in [2.45, 2.75) is 72.8 Å². The summed E-state index contributed by atoms with van der Waals surface area (Å²) in [6.07, 6.45) is 1.07. The van der Waals surface area contributed by atoms with E-state index in [2.05, 4.69) is 34.9 Å². The van der Waals surface area contributed by atoms with Gasteiger partial charge >= 0.3 is 11.3 Å². The molecule has 0 saturated heterocycles. The van der Waals surface area contributed by atoms with Crippen molar-refractivity contribution < 1.29 is 30.5 Å². The maximum absolute atomic E-state index is 15.4. The summed E-state index contributed by atoms with van der Waals surface area (Å²) in [6, 6.07) is 22.7. The lowest BCUT2D eigenvalue weighted by molar-refractivity contribution is 0.265. The fraction of sp³-hybridized carbons (Fsp3) is 0.279. The summed E-state index contributed by atoms with van der Waals surface area (Å²) in [5, 5.41) is 16.3. The van der Waals surface area contributed by atoms with E-state index in [1.807, 2.05) is 73.6 Å². The Labute approximate surface area is 360 Å². The van der Waals surface area contributed by atoms with E-state index in [4.69, 9.17) is 13.4 Å². The largest absolute Gasteiger partial charge is 0.489 e. The van der Waals surface area contributed by atoms with Gasteiger partial charge in [-0.2, -0.15) is 8.84 Å². The molecular weight excluding hydrogens is 838 g/mol. The highest BCUT2D eigenvalue weighted by Gasteiger charge is 2.29. The zero-order valence-corrected chi connectivity index (χ0v) is 37.2. The first-order chi connectivity index (χ1) is 29.1. The van der Waals surface area contributed by atoms with Crippen LogP contribution in [0.3, 0.4) is 0 Å². The third-order valence-electron chi connectivity index (χ3n) is 9.41. The Kier molecular flexibility index (Phi) is 11.7. The summed E-state index contributed by atoms with van der Waals surface area (Å²) in [7, 11) is -3.44. The van der Waals surface area contributed by atoms with Crippen LogP contribution in [0.1, 0.15) is 69.7 Å². The summed E-state index contributed by atoms with van der Waals surface area (Å²) in [6.45, 7) is 15.7. The number of ether oxygens (including phenoxy) is 1. The first kappa shape index (κ1) is 43.5. The highest BCUT2D eigenvalue weighted by Crippen LogP contribution is 2.36. The highest BCUT2D eigenvalue weighted by molar-refractivity contribution is 7.92. The Hall–Kier alpha value is -6.60. The summed E-state index contributed by atoms with van der Waals surface area (Å²) >= 11 is -2.11. The standard InChI is InChI=1S/C43H46FN9O7S2/c1-25-10-21-35(26(2)22-25)52-41(54)32(38(59-52)43(6,7)8)24-58-30-17-15-28(16-18-30)50-61(55)60-31-19-20-34(33(44)23-31)46-47-36-37(42(3,4)5)48-53-40(36)45-39(49-53)27-11-13-29(14-12-27)51-62(9,56)57/h10-23,48,50-51H,24H2,1-9H3. The number of hydrogen-bond donors (Lipinski definition) is 3. The third kappa shape index (κ3) is 9.79. The Balaban J connectivity index is 1.00. The third-order valence-corrected chi connectivity index (χ3v) is 10.8. The van der Waals surface area contributed by atoms with Crippen LogP contribution in [0.25, 0.3) is 22.7 Å². The number of aryl methyl sites for hydroxylation is 2. The van der Waals surface area contributed by atoms with Crippen molar-refractivity contribution in [3.8, 4) is 28.6 Å². The van der Waals surface area contributed by atoms with Gasteiger partial charge in [-0.15, -0.1) is 20.1 Å². The average Bonchev–Trinajstić information content (AvgIpc) is 3.85. The van der Waals surface area contributed by atoms with E-state index in [1.165, 1.54) is 21.5 Å².